The van der Waals surface area contributed by atoms with E-state index < -0.39 is 0 Å². The van der Waals surface area contributed by atoms with E-state index in [0.29, 0.717) is 12.1 Å². The second-order valence-corrected chi connectivity index (χ2v) is 9.92. The standard InChI is InChI=1S/C26H38NO2/c1-4-27(18-19(2)3)21-14-15-22(27)17-23(16-21)29-26(28)25-13-9-8-12-24(25)20-10-6-5-7-11-20/h5-7,10-12,19,21-23,25H,4,8-9,13-18H2,1-3H3/q+1. The number of carbonyl (C=O) groups excluding carboxylic acids is 1. The van der Waals surface area contributed by atoms with Gasteiger partial charge in [-0.3, -0.25) is 4.79 Å². The van der Waals surface area contributed by atoms with Crippen LogP contribution in [-0.4, -0.2) is 41.7 Å². The summed E-state index contributed by atoms with van der Waals surface area (Å²) in [6.45, 7) is 9.55. The molecule has 0 aromatic heterocycles. The highest BCUT2D eigenvalue weighted by atomic mass is 16.5. The van der Waals surface area contributed by atoms with Gasteiger partial charge in [0.25, 0.3) is 0 Å². The lowest BCUT2D eigenvalue weighted by atomic mass is 9.83. The van der Waals surface area contributed by atoms with Gasteiger partial charge in [-0.1, -0.05) is 50.3 Å². The Kier molecular flexibility index (Phi) is 6.15. The van der Waals surface area contributed by atoms with Gasteiger partial charge in [-0.15, -0.1) is 0 Å². The van der Waals surface area contributed by atoms with Crippen molar-refractivity contribution in [1.29, 1.82) is 0 Å². The maximum Gasteiger partial charge on any atom is 0.313 e. The largest absolute Gasteiger partial charge is 0.461 e. The highest BCUT2D eigenvalue weighted by molar-refractivity contribution is 5.89. The first-order chi connectivity index (χ1) is 14.0. The third kappa shape index (κ3) is 4.03. The summed E-state index contributed by atoms with van der Waals surface area (Å²) < 4.78 is 7.48. The van der Waals surface area contributed by atoms with Crippen molar-refractivity contribution in [3.8, 4) is 0 Å². The Morgan fingerprint density at radius 1 is 1.10 bits per heavy atom. The minimum absolute atomic E-state index is 0.0181. The summed E-state index contributed by atoms with van der Waals surface area (Å²) in [6.07, 6.45) is 10.2. The number of quaternary nitrogens is 1. The quantitative estimate of drug-likeness (QED) is 0.462. The lowest BCUT2D eigenvalue weighted by molar-refractivity contribution is -0.967. The maximum atomic E-state index is 13.2. The molecule has 158 valence electrons. The fourth-order valence-electron chi connectivity index (χ4n) is 6.59. The molecule has 2 heterocycles. The van der Waals surface area contributed by atoms with Gasteiger partial charge in [-0.05, 0) is 37.3 Å². The van der Waals surface area contributed by atoms with E-state index in [2.05, 4.69) is 51.1 Å². The summed E-state index contributed by atoms with van der Waals surface area (Å²) in [5, 5.41) is 0. The Bertz CT molecular complexity index is 724. The van der Waals surface area contributed by atoms with E-state index in [1.807, 2.05) is 6.07 Å². The van der Waals surface area contributed by atoms with Gasteiger partial charge in [-0.2, -0.15) is 0 Å². The minimum Gasteiger partial charge on any atom is -0.461 e. The molecule has 3 aliphatic rings. The summed E-state index contributed by atoms with van der Waals surface area (Å²) in [4.78, 5) is 13.2. The van der Waals surface area contributed by atoms with E-state index in [0.717, 1.165) is 38.0 Å². The smallest absolute Gasteiger partial charge is 0.313 e. The zero-order chi connectivity index (χ0) is 20.4. The second-order valence-electron chi connectivity index (χ2n) is 9.92. The monoisotopic (exact) mass is 396 g/mol. The number of ether oxygens (including phenoxy) is 1. The SMILES string of the molecule is CC[N+]1(CC(C)C)C2CCC1CC(OC(=O)C1CCCC=C1c1ccccc1)C2. The molecule has 2 bridgehead atoms. The number of hydrogen-bond donors (Lipinski definition) is 0. The number of allylic oxidation sites excluding steroid dienone is 1. The van der Waals surface area contributed by atoms with Crippen LogP contribution in [0, 0.1) is 11.8 Å². The average Bonchev–Trinajstić information content (AvgIpc) is 2.90. The summed E-state index contributed by atoms with van der Waals surface area (Å²) in [5.41, 5.74) is 2.36. The molecule has 0 saturated carbocycles. The predicted octanol–water partition coefficient (Wildman–Crippen LogP) is 5.60. The van der Waals surface area contributed by atoms with Crippen molar-refractivity contribution < 1.29 is 14.0 Å². The molecule has 0 radical (unpaired) electrons. The Morgan fingerprint density at radius 3 is 2.41 bits per heavy atom. The highest BCUT2D eigenvalue weighted by Crippen LogP contribution is 2.44. The molecule has 2 fully saturated rings. The normalized spacial score (nSPS) is 34.1. The zero-order valence-electron chi connectivity index (χ0n) is 18.5. The number of nitrogens with zero attached hydrogens (tertiary/aromatic N) is 1. The van der Waals surface area contributed by atoms with E-state index in [1.165, 1.54) is 41.6 Å². The maximum absolute atomic E-state index is 13.2. The number of carbonyl (C=O) groups is 1. The fraction of sp³-hybridized carbons (Fsp3) is 0.654. The molecule has 1 aromatic carbocycles. The predicted molar refractivity (Wildman–Crippen MR) is 118 cm³/mol. The molecule has 4 rings (SSSR count). The molecular formula is C26H38NO2+. The topological polar surface area (TPSA) is 26.3 Å². The number of piperidine rings is 1. The van der Waals surface area contributed by atoms with Crippen molar-refractivity contribution in [2.24, 2.45) is 11.8 Å². The Morgan fingerprint density at radius 2 is 1.79 bits per heavy atom. The van der Waals surface area contributed by atoms with Crippen LogP contribution in [0.15, 0.2) is 36.4 Å². The molecule has 3 nitrogen and oxygen atoms in total. The highest BCUT2D eigenvalue weighted by Gasteiger charge is 2.54. The number of fused-ring (bicyclic) bond motifs is 2. The molecule has 2 aliphatic heterocycles. The van der Waals surface area contributed by atoms with Crippen LogP contribution in [0.5, 0.6) is 0 Å². The molecule has 0 N–H and O–H groups in total. The van der Waals surface area contributed by atoms with Crippen LogP contribution in [0.2, 0.25) is 0 Å². The molecule has 1 aromatic rings. The van der Waals surface area contributed by atoms with Crippen molar-refractivity contribution in [2.75, 3.05) is 13.1 Å². The zero-order valence-corrected chi connectivity index (χ0v) is 18.5. The Balaban J connectivity index is 1.45. The third-order valence-corrected chi connectivity index (χ3v) is 7.76. The molecule has 2 saturated heterocycles. The van der Waals surface area contributed by atoms with Gasteiger partial charge < -0.3 is 9.22 Å². The number of benzene rings is 1. The number of rotatable bonds is 6. The molecule has 3 heteroatoms. The summed E-state index contributed by atoms with van der Waals surface area (Å²) in [5.74, 6) is 0.648. The van der Waals surface area contributed by atoms with Crippen molar-refractivity contribution in [3.05, 3.63) is 42.0 Å². The van der Waals surface area contributed by atoms with Gasteiger partial charge in [0.2, 0.25) is 0 Å². The van der Waals surface area contributed by atoms with Gasteiger partial charge in [0, 0.05) is 31.6 Å². The van der Waals surface area contributed by atoms with Crippen LogP contribution in [0.3, 0.4) is 0 Å². The van der Waals surface area contributed by atoms with Crippen LogP contribution in [-0.2, 0) is 9.53 Å². The van der Waals surface area contributed by atoms with Gasteiger partial charge >= 0.3 is 5.97 Å². The lowest BCUT2D eigenvalue weighted by Gasteiger charge is -2.50. The van der Waals surface area contributed by atoms with Crippen LogP contribution >= 0.6 is 0 Å². The molecule has 3 unspecified atom stereocenters. The third-order valence-electron chi connectivity index (χ3n) is 7.76. The molecule has 0 amide bonds. The fourth-order valence-corrected chi connectivity index (χ4v) is 6.59. The van der Waals surface area contributed by atoms with Crippen LogP contribution in [0.4, 0.5) is 0 Å². The molecule has 1 aliphatic carbocycles. The van der Waals surface area contributed by atoms with E-state index in [1.54, 1.807) is 0 Å². The van der Waals surface area contributed by atoms with Crippen molar-refractivity contribution in [2.45, 2.75) is 83.9 Å². The first kappa shape index (κ1) is 20.7. The summed E-state index contributed by atoms with van der Waals surface area (Å²) >= 11 is 0. The molecule has 3 atom stereocenters. The number of hydrogen-bond acceptors (Lipinski definition) is 2. The molecule has 0 spiro atoms. The first-order valence-corrected chi connectivity index (χ1v) is 11.9. The van der Waals surface area contributed by atoms with Crippen molar-refractivity contribution in [3.63, 3.8) is 0 Å². The lowest BCUT2D eigenvalue weighted by Crippen LogP contribution is -2.62. The van der Waals surface area contributed by atoms with Gasteiger partial charge in [0.05, 0.1) is 31.1 Å². The number of esters is 1. The molecule has 29 heavy (non-hydrogen) atoms. The Hall–Kier alpha value is -1.61. The average molecular weight is 397 g/mol. The minimum atomic E-state index is -0.0909. The van der Waals surface area contributed by atoms with E-state index >= 15 is 0 Å². The van der Waals surface area contributed by atoms with Crippen molar-refractivity contribution in [1.82, 2.24) is 0 Å². The van der Waals surface area contributed by atoms with Gasteiger partial charge in [0.15, 0.2) is 0 Å². The first-order valence-electron chi connectivity index (χ1n) is 11.9. The van der Waals surface area contributed by atoms with Crippen LogP contribution < -0.4 is 0 Å². The van der Waals surface area contributed by atoms with Crippen molar-refractivity contribution >= 4 is 11.5 Å². The van der Waals surface area contributed by atoms with E-state index in [9.17, 15) is 4.79 Å². The van der Waals surface area contributed by atoms with E-state index in [4.69, 9.17) is 4.74 Å². The second kappa shape index (κ2) is 8.63. The molecular weight excluding hydrogens is 358 g/mol. The Labute approximate surface area is 176 Å². The summed E-state index contributed by atoms with van der Waals surface area (Å²) in [7, 11) is 0. The summed E-state index contributed by atoms with van der Waals surface area (Å²) in [6, 6.07) is 11.7. The van der Waals surface area contributed by atoms with E-state index in [-0.39, 0.29) is 18.0 Å². The van der Waals surface area contributed by atoms with Gasteiger partial charge in [-0.25, -0.2) is 0 Å². The van der Waals surface area contributed by atoms with Gasteiger partial charge in [0.1, 0.15) is 6.10 Å². The van der Waals surface area contributed by atoms with Crippen LogP contribution in [0.1, 0.15) is 71.3 Å². The van der Waals surface area contributed by atoms with Crippen LogP contribution in [0.25, 0.3) is 5.57 Å².